The summed E-state index contributed by atoms with van der Waals surface area (Å²) in [6, 6.07) is 7.37. The highest BCUT2D eigenvalue weighted by Crippen LogP contribution is 2.23. The number of rotatable bonds is 2. The smallest absolute Gasteiger partial charge is 0.261 e. The van der Waals surface area contributed by atoms with Crippen LogP contribution in [0.4, 0.5) is 0 Å². The highest BCUT2D eigenvalue weighted by Gasteiger charge is 2.33. The van der Waals surface area contributed by atoms with Crippen LogP contribution in [-0.2, 0) is 4.79 Å². The molecule has 0 saturated carbocycles. The fourth-order valence-electron chi connectivity index (χ4n) is 2.03. The van der Waals surface area contributed by atoms with Gasteiger partial charge >= 0.3 is 0 Å². The zero-order valence-electron chi connectivity index (χ0n) is 9.65. The van der Waals surface area contributed by atoms with Crippen LogP contribution < -0.4 is 0 Å². The van der Waals surface area contributed by atoms with Crippen LogP contribution in [0.25, 0.3) is 0 Å². The summed E-state index contributed by atoms with van der Waals surface area (Å²) in [5.41, 5.74) is 0.623. The first-order valence-corrected chi connectivity index (χ1v) is 6.80. The number of likely N-dealkylation sites (tertiary alicyclic amines) is 1. The second-order valence-corrected chi connectivity index (χ2v) is 5.43. The van der Waals surface area contributed by atoms with E-state index in [9.17, 15) is 9.59 Å². The van der Waals surface area contributed by atoms with Crippen LogP contribution >= 0.6 is 22.6 Å². The first-order valence-electron chi connectivity index (χ1n) is 5.72. The molecule has 3 nitrogen and oxygen atoms in total. The molecule has 90 valence electrons. The SMILES string of the molecule is CCC1CC(=O)N(C(=O)c2ccccc2I)C1. The zero-order valence-corrected chi connectivity index (χ0v) is 11.8. The number of hydrogen-bond acceptors (Lipinski definition) is 2. The molecule has 1 fully saturated rings. The first-order chi connectivity index (χ1) is 8.13. The third-order valence-corrected chi connectivity index (χ3v) is 4.07. The molecule has 0 aliphatic carbocycles. The summed E-state index contributed by atoms with van der Waals surface area (Å²) in [5, 5.41) is 0. The van der Waals surface area contributed by atoms with E-state index in [-0.39, 0.29) is 11.8 Å². The Hall–Kier alpha value is -0.910. The fraction of sp³-hybridized carbons (Fsp3) is 0.385. The number of benzene rings is 1. The molecule has 1 aliphatic rings. The van der Waals surface area contributed by atoms with E-state index in [0.717, 1.165) is 9.99 Å². The maximum absolute atomic E-state index is 12.2. The maximum atomic E-state index is 12.2. The number of hydrogen-bond donors (Lipinski definition) is 0. The molecule has 2 rings (SSSR count). The zero-order chi connectivity index (χ0) is 12.4. The summed E-state index contributed by atoms with van der Waals surface area (Å²) in [6.07, 6.45) is 1.45. The first kappa shape index (κ1) is 12.5. The minimum Gasteiger partial charge on any atom is -0.278 e. The standard InChI is InChI=1S/C13H14INO2/c1-2-9-7-12(16)15(8-9)13(17)10-5-3-4-6-11(10)14/h3-6,9H,2,7-8H2,1H3. The second-order valence-electron chi connectivity index (χ2n) is 4.27. The molecule has 1 atom stereocenters. The molecular formula is C13H14INO2. The van der Waals surface area contributed by atoms with E-state index >= 15 is 0 Å². The number of carbonyl (C=O) groups excluding carboxylic acids is 2. The summed E-state index contributed by atoms with van der Waals surface area (Å²) < 4.78 is 0.892. The largest absolute Gasteiger partial charge is 0.278 e. The van der Waals surface area contributed by atoms with Crippen LogP contribution in [0.3, 0.4) is 0 Å². The van der Waals surface area contributed by atoms with Gasteiger partial charge in [-0.25, -0.2) is 0 Å². The molecule has 2 amide bonds. The Bertz CT molecular complexity index is 458. The molecule has 4 heteroatoms. The van der Waals surface area contributed by atoms with Gasteiger partial charge in [-0.2, -0.15) is 0 Å². The van der Waals surface area contributed by atoms with Crippen molar-refractivity contribution in [3.8, 4) is 0 Å². The fourth-order valence-corrected chi connectivity index (χ4v) is 2.65. The third-order valence-electron chi connectivity index (χ3n) is 3.13. The van der Waals surface area contributed by atoms with Gasteiger partial charge in [0.1, 0.15) is 0 Å². The molecule has 0 bridgehead atoms. The molecule has 1 aliphatic heterocycles. The number of nitrogens with zero attached hydrogens (tertiary/aromatic N) is 1. The molecule has 17 heavy (non-hydrogen) atoms. The van der Waals surface area contributed by atoms with E-state index in [1.54, 1.807) is 6.07 Å². The van der Waals surface area contributed by atoms with Crippen molar-refractivity contribution < 1.29 is 9.59 Å². The van der Waals surface area contributed by atoms with Crippen molar-refractivity contribution in [2.75, 3.05) is 6.54 Å². The van der Waals surface area contributed by atoms with Gasteiger partial charge in [0.25, 0.3) is 5.91 Å². The van der Waals surface area contributed by atoms with Crippen molar-refractivity contribution in [2.45, 2.75) is 19.8 Å². The van der Waals surface area contributed by atoms with Crippen LogP contribution in [0.15, 0.2) is 24.3 Å². The molecule has 0 spiro atoms. The topological polar surface area (TPSA) is 37.4 Å². The van der Waals surface area contributed by atoms with E-state index in [4.69, 9.17) is 0 Å². The van der Waals surface area contributed by atoms with Crippen molar-refractivity contribution in [1.29, 1.82) is 0 Å². The lowest BCUT2D eigenvalue weighted by Crippen LogP contribution is -2.32. The van der Waals surface area contributed by atoms with Gasteiger partial charge in [0.05, 0.1) is 5.56 Å². The Labute approximate surface area is 114 Å². The molecule has 1 aromatic carbocycles. The van der Waals surface area contributed by atoms with Gasteiger partial charge in [0.2, 0.25) is 5.91 Å². The van der Waals surface area contributed by atoms with Gasteiger partial charge in [0.15, 0.2) is 0 Å². The van der Waals surface area contributed by atoms with Crippen LogP contribution in [0.2, 0.25) is 0 Å². The Morgan fingerprint density at radius 3 is 2.76 bits per heavy atom. The van der Waals surface area contributed by atoms with Crippen LogP contribution in [0.1, 0.15) is 30.1 Å². The average Bonchev–Trinajstić information content (AvgIpc) is 2.70. The summed E-state index contributed by atoms with van der Waals surface area (Å²) >= 11 is 2.12. The predicted molar refractivity (Wildman–Crippen MR) is 73.6 cm³/mol. The van der Waals surface area contributed by atoms with Crippen molar-refractivity contribution in [1.82, 2.24) is 4.90 Å². The lowest BCUT2D eigenvalue weighted by Gasteiger charge is -2.15. The summed E-state index contributed by atoms with van der Waals surface area (Å²) in [7, 11) is 0. The van der Waals surface area contributed by atoms with Crippen LogP contribution in [0, 0.1) is 9.49 Å². The Morgan fingerprint density at radius 2 is 2.18 bits per heavy atom. The summed E-state index contributed by atoms with van der Waals surface area (Å²) in [5.74, 6) is 0.130. The Kier molecular flexibility index (Phi) is 3.81. The molecule has 0 aromatic heterocycles. The van der Waals surface area contributed by atoms with E-state index in [0.29, 0.717) is 24.4 Å². The van der Waals surface area contributed by atoms with Crippen LogP contribution in [0.5, 0.6) is 0 Å². The van der Waals surface area contributed by atoms with Gasteiger partial charge in [-0.05, 0) is 40.6 Å². The van der Waals surface area contributed by atoms with Crippen molar-refractivity contribution in [3.63, 3.8) is 0 Å². The third kappa shape index (κ3) is 2.51. The summed E-state index contributed by atoms with van der Waals surface area (Å²) in [6.45, 7) is 2.62. The lowest BCUT2D eigenvalue weighted by molar-refractivity contribution is -0.125. The Morgan fingerprint density at radius 1 is 1.47 bits per heavy atom. The van der Waals surface area contributed by atoms with E-state index in [2.05, 4.69) is 29.5 Å². The normalized spacial score (nSPS) is 19.8. The highest BCUT2D eigenvalue weighted by molar-refractivity contribution is 14.1. The second kappa shape index (κ2) is 5.16. The number of imide groups is 1. The maximum Gasteiger partial charge on any atom is 0.261 e. The lowest BCUT2D eigenvalue weighted by atomic mass is 10.1. The van der Waals surface area contributed by atoms with Gasteiger partial charge in [0, 0.05) is 16.5 Å². The molecule has 1 aromatic rings. The number of halogens is 1. The van der Waals surface area contributed by atoms with Gasteiger partial charge in [-0.1, -0.05) is 25.5 Å². The minimum atomic E-state index is -0.157. The van der Waals surface area contributed by atoms with Gasteiger partial charge in [-0.15, -0.1) is 0 Å². The molecular weight excluding hydrogens is 329 g/mol. The molecule has 1 saturated heterocycles. The number of carbonyl (C=O) groups is 2. The number of amides is 2. The molecule has 0 radical (unpaired) electrons. The molecule has 0 N–H and O–H groups in total. The van der Waals surface area contributed by atoms with Crippen LogP contribution in [-0.4, -0.2) is 23.3 Å². The van der Waals surface area contributed by atoms with E-state index in [1.807, 2.05) is 18.2 Å². The van der Waals surface area contributed by atoms with Crippen molar-refractivity contribution in [3.05, 3.63) is 33.4 Å². The van der Waals surface area contributed by atoms with Crippen molar-refractivity contribution >= 4 is 34.4 Å². The monoisotopic (exact) mass is 343 g/mol. The Balaban J connectivity index is 2.22. The predicted octanol–water partition coefficient (Wildman–Crippen LogP) is 2.69. The summed E-state index contributed by atoms with van der Waals surface area (Å²) in [4.78, 5) is 25.4. The van der Waals surface area contributed by atoms with Gasteiger partial charge in [-0.3, -0.25) is 14.5 Å². The van der Waals surface area contributed by atoms with Crippen molar-refractivity contribution in [2.24, 2.45) is 5.92 Å². The van der Waals surface area contributed by atoms with E-state index < -0.39 is 0 Å². The highest BCUT2D eigenvalue weighted by atomic mass is 127. The van der Waals surface area contributed by atoms with Gasteiger partial charge < -0.3 is 0 Å². The van der Waals surface area contributed by atoms with E-state index in [1.165, 1.54) is 4.90 Å². The quantitative estimate of drug-likeness (QED) is 0.612. The molecule has 1 heterocycles. The molecule has 1 unspecified atom stereocenters. The minimum absolute atomic E-state index is 0.0403. The average molecular weight is 343 g/mol.